The Hall–Kier alpha value is -7.31. The van der Waals surface area contributed by atoms with Gasteiger partial charge in [-0.25, -0.2) is 9.59 Å². The van der Waals surface area contributed by atoms with Gasteiger partial charge in [-0.15, -0.1) is 0 Å². The van der Waals surface area contributed by atoms with Crippen molar-refractivity contribution in [2.24, 2.45) is 47.2 Å². The van der Waals surface area contributed by atoms with Crippen molar-refractivity contribution < 1.29 is 72.1 Å². The highest BCUT2D eigenvalue weighted by molar-refractivity contribution is 6.02. The molecular formula is C72H115N9O15. The number of nitrogens with zero attached hydrogens (tertiary/aromatic N) is 4. The largest absolute Gasteiger partial charge is 0.445 e. The van der Waals surface area contributed by atoms with Gasteiger partial charge in [0, 0.05) is 97.6 Å². The van der Waals surface area contributed by atoms with Crippen molar-refractivity contribution in [3.63, 3.8) is 0 Å². The van der Waals surface area contributed by atoms with Crippen LogP contribution >= 0.6 is 0 Å². The number of nitrogens with one attached hydrogen (secondary N) is 4. The molecule has 24 heteroatoms. The van der Waals surface area contributed by atoms with E-state index < -0.39 is 84.3 Å². The number of primary amides is 1. The number of carbonyl (C=O) groups is 11. The average Bonchev–Trinajstić information content (AvgIpc) is 1.17. The second-order valence-corrected chi connectivity index (χ2v) is 26.6. The van der Waals surface area contributed by atoms with E-state index in [4.69, 9.17) is 19.9 Å². The lowest BCUT2D eigenvalue weighted by molar-refractivity contribution is -0.149. The molecule has 2 fully saturated rings. The van der Waals surface area contributed by atoms with Gasteiger partial charge in [0.1, 0.15) is 6.61 Å². The quantitative estimate of drug-likeness (QED) is 0.0269. The number of Topliss-reactive ketones (excluding diaryl/α,β-unsaturated/α-hetero) is 2. The van der Waals surface area contributed by atoms with Gasteiger partial charge in [-0.2, -0.15) is 0 Å². The number of urea groups is 1. The first kappa shape index (κ1) is 82.9. The topological polar surface area (TPSA) is 323 Å². The van der Waals surface area contributed by atoms with Crippen molar-refractivity contribution in [3.05, 3.63) is 65.7 Å². The van der Waals surface area contributed by atoms with E-state index in [0.717, 1.165) is 0 Å². The van der Waals surface area contributed by atoms with Gasteiger partial charge < -0.3 is 61.0 Å². The molecule has 0 bridgehead atoms. The number of ketones is 2. The molecule has 2 aliphatic heterocycles. The third kappa shape index (κ3) is 25.0. The van der Waals surface area contributed by atoms with Crippen LogP contribution in [0.4, 0.5) is 15.3 Å². The summed E-state index contributed by atoms with van der Waals surface area (Å²) in [5.41, 5.74) is 6.88. The minimum absolute atomic E-state index is 0.0688. The molecule has 10 amide bonds. The number of aliphatic hydroxyl groups is 1. The van der Waals surface area contributed by atoms with E-state index in [1.165, 1.54) is 31.1 Å². The Bertz CT molecular complexity index is 2820. The lowest BCUT2D eigenvalue weighted by Gasteiger charge is -2.41. The van der Waals surface area contributed by atoms with E-state index in [9.17, 15) is 57.8 Å². The van der Waals surface area contributed by atoms with Crippen molar-refractivity contribution in [3.8, 4) is 0 Å². The van der Waals surface area contributed by atoms with Crippen LogP contribution in [-0.2, 0) is 64.0 Å². The number of aliphatic hydroxyl groups excluding tert-OH is 1. The fourth-order valence-electron chi connectivity index (χ4n) is 12.9. The number of likely N-dealkylation sites (N-methyl/N-ethyl adjacent to an activating group) is 2. The molecule has 0 unspecified atom stereocenters. The van der Waals surface area contributed by atoms with Crippen LogP contribution in [0.2, 0.25) is 0 Å². The molecular weight excluding hydrogens is 1230 g/mol. The van der Waals surface area contributed by atoms with E-state index in [-0.39, 0.29) is 129 Å². The highest BCUT2D eigenvalue weighted by Crippen LogP contribution is 2.32. The van der Waals surface area contributed by atoms with Gasteiger partial charge in [-0.3, -0.25) is 48.1 Å². The van der Waals surface area contributed by atoms with Gasteiger partial charge in [0.25, 0.3) is 0 Å². The molecule has 538 valence electrons. The zero-order chi connectivity index (χ0) is 72.1. The number of hydrogen-bond donors (Lipinski definition) is 6. The van der Waals surface area contributed by atoms with Crippen LogP contribution in [0.3, 0.4) is 0 Å². The Labute approximate surface area is 570 Å². The fraction of sp³-hybridized carbons (Fsp3) is 0.681. The van der Waals surface area contributed by atoms with Crippen LogP contribution < -0.4 is 27.0 Å². The lowest BCUT2D eigenvalue weighted by Crippen LogP contribution is -2.55. The zero-order valence-electron chi connectivity index (χ0n) is 60.1. The van der Waals surface area contributed by atoms with E-state index >= 15 is 0 Å². The highest BCUT2D eigenvalue weighted by Gasteiger charge is 2.44. The molecule has 2 saturated heterocycles. The highest BCUT2D eigenvalue weighted by atomic mass is 16.6. The van der Waals surface area contributed by atoms with Crippen LogP contribution in [0.1, 0.15) is 190 Å². The molecule has 0 radical (unpaired) electrons. The average molecular weight is 1350 g/mol. The van der Waals surface area contributed by atoms with Gasteiger partial charge >= 0.3 is 12.1 Å². The predicted octanol–water partition coefficient (Wildman–Crippen LogP) is 8.51. The van der Waals surface area contributed by atoms with Gasteiger partial charge in [0.05, 0.1) is 60.9 Å². The van der Waals surface area contributed by atoms with Gasteiger partial charge in [-0.05, 0) is 92.4 Å². The summed E-state index contributed by atoms with van der Waals surface area (Å²) >= 11 is 0. The van der Waals surface area contributed by atoms with Crippen molar-refractivity contribution in [1.29, 1.82) is 0 Å². The summed E-state index contributed by atoms with van der Waals surface area (Å²) in [6, 6.07) is 11.4. The Morgan fingerprint density at radius 1 is 0.729 bits per heavy atom. The summed E-state index contributed by atoms with van der Waals surface area (Å²) in [4.78, 5) is 153. The first-order valence-electron chi connectivity index (χ1n) is 34.6. The van der Waals surface area contributed by atoms with Crippen molar-refractivity contribution in [2.75, 3.05) is 53.3 Å². The number of hydrogen-bond acceptors (Lipinski definition) is 15. The Morgan fingerprint density at radius 3 is 1.93 bits per heavy atom. The molecule has 0 spiro atoms. The summed E-state index contributed by atoms with van der Waals surface area (Å²) in [5.74, 6) is -6.17. The van der Waals surface area contributed by atoms with Crippen LogP contribution in [0.15, 0.2) is 54.6 Å². The number of rotatable bonds is 40. The van der Waals surface area contributed by atoms with Gasteiger partial charge in [0.2, 0.25) is 41.4 Å². The molecule has 96 heavy (non-hydrogen) atoms. The summed E-state index contributed by atoms with van der Waals surface area (Å²) in [6.07, 6.45) is 1.10. The summed E-state index contributed by atoms with van der Waals surface area (Å²) in [6.45, 7) is 23.1. The van der Waals surface area contributed by atoms with E-state index in [2.05, 4.69) is 21.3 Å². The Balaban J connectivity index is 0.0000119. The third-order valence-electron chi connectivity index (χ3n) is 18.7. The molecule has 2 aliphatic rings. The van der Waals surface area contributed by atoms with Crippen molar-refractivity contribution >= 4 is 70.7 Å². The SMILES string of the molecule is CC.CC[C@H](C)[C@@H]([C@@H](CC(=O)N1CCC[C@H]1[C@H](OC)[C@@H](C)C(=O)N[C@H](C)[C@@H](O)c1ccccc1)OC)N(C)C(=O)[C@@H](CC(=O)[C@H](C(C)C)N(C)C(=O)OCc1ccc(NC(=O)[C@H](CCCNC(N)=O)CC(=O)[C@@H](NC(=O)CCCCCN2C(=O)CCC2=O)C(C)C)cc1)C(C)C. The summed E-state index contributed by atoms with van der Waals surface area (Å²) < 4.78 is 17.8. The monoisotopic (exact) mass is 1350 g/mol. The number of likely N-dealkylation sites (tertiary alicyclic amines) is 2. The third-order valence-corrected chi connectivity index (χ3v) is 18.7. The molecule has 0 aromatic heterocycles. The van der Waals surface area contributed by atoms with Crippen LogP contribution in [0.25, 0.3) is 0 Å². The molecule has 2 aromatic carbocycles. The summed E-state index contributed by atoms with van der Waals surface area (Å²) in [5, 5.41) is 22.1. The van der Waals surface area contributed by atoms with Crippen LogP contribution in [0, 0.1) is 41.4 Å². The van der Waals surface area contributed by atoms with Gasteiger partial charge in [-0.1, -0.05) is 131 Å². The number of benzene rings is 2. The van der Waals surface area contributed by atoms with Crippen molar-refractivity contribution in [2.45, 2.75) is 228 Å². The van der Waals surface area contributed by atoms with Crippen LogP contribution in [-0.4, -0.2) is 180 Å². The molecule has 0 saturated carbocycles. The lowest BCUT2D eigenvalue weighted by atomic mass is 9.83. The predicted molar refractivity (Wildman–Crippen MR) is 367 cm³/mol. The number of methoxy groups -OCH3 is 2. The summed E-state index contributed by atoms with van der Waals surface area (Å²) in [7, 11) is 6.20. The molecule has 24 nitrogen and oxygen atoms in total. The number of imide groups is 1. The second kappa shape index (κ2) is 41.7. The maximum absolute atomic E-state index is 14.9. The molecule has 0 aliphatic carbocycles. The smallest absolute Gasteiger partial charge is 0.410 e. The number of carbonyl (C=O) groups excluding carboxylic acids is 11. The second-order valence-electron chi connectivity index (χ2n) is 26.6. The van der Waals surface area contributed by atoms with Gasteiger partial charge in [0.15, 0.2) is 11.6 Å². The minimum Gasteiger partial charge on any atom is -0.445 e. The first-order valence-corrected chi connectivity index (χ1v) is 34.6. The maximum Gasteiger partial charge on any atom is 0.410 e. The number of unbranched alkanes of at least 4 members (excludes halogenated alkanes) is 2. The first-order chi connectivity index (χ1) is 45.5. The number of nitrogens with two attached hydrogens (primary N) is 1. The molecule has 12 atom stereocenters. The number of ether oxygens (including phenoxy) is 3. The molecule has 7 N–H and O–H groups in total. The molecule has 4 rings (SSSR count). The van der Waals surface area contributed by atoms with Crippen LogP contribution in [0.5, 0.6) is 0 Å². The fourth-order valence-corrected chi connectivity index (χ4v) is 12.9. The minimum atomic E-state index is -0.968. The normalized spacial score (nSPS) is 17.4. The number of amides is 10. The van der Waals surface area contributed by atoms with E-state index in [1.54, 1.807) is 80.9 Å². The number of anilines is 1. The standard InChI is InChI=1S/C70H109N9O15.C2H6/c1-15-45(8)63(56(92-13)40-60(85)78-37-23-27-53(78)65(93-14)46(9)66(87)73-47(10)64(86)49-24-18-16-19-25-49)76(11)68(89)52(42(2)3)39-55(81)62(44(6)7)77(12)70(91)94-41-48-29-31-51(32-30-48)74-67(88)50(26-22-35-72-69(71)90)38-54(80)61(43(4)5)75-57(82)28-20-17-21-36-79-58(83)33-34-59(79)84;1-2/h16,18-19,24-25,29-32,42-47,50,52-53,56,61-65,86H,15,17,20-23,26-28,33-41H2,1-14H3,(H,73,87)(H,74,88)(H,75,82)(H3,71,72,90);1-2H3/t45-,46+,47+,50+,52-,53-,56+,61-,62-,63-,64+,65+;/m0./s1. The Kier molecular flexibility index (Phi) is 36.0. The van der Waals surface area contributed by atoms with Crippen molar-refractivity contribution in [1.82, 2.24) is 35.6 Å². The molecule has 2 heterocycles. The maximum atomic E-state index is 14.9. The Morgan fingerprint density at radius 2 is 1.36 bits per heavy atom. The van der Waals surface area contributed by atoms with E-state index in [1.807, 2.05) is 73.6 Å². The zero-order valence-corrected chi connectivity index (χ0v) is 60.1. The molecule has 2 aromatic rings. The van der Waals surface area contributed by atoms with E-state index in [0.29, 0.717) is 74.8 Å².